The fourth-order valence-electron chi connectivity index (χ4n) is 1.64. The number of alkyl halides is 3. The number of aliphatic carboxylic acids is 1. The topological polar surface area (TPSA) is 66.4 Å². The molecule has 0 unspecified atom stereocenters. The number of carbonyl (C=O) groups excluding carboxylic acids is 1. The lowest BCUT2D eigenvalue weighted by Gasteiger charge is -2.16. The van der Waals surface area contributed by atoms with E-state index in [4.69, 9.17) is 5.11 Å². The van der Waals surface area contributed by atoms with Gasteiger partial charge in [0.2, 0.25) is 0 Å². The fraction of sp³-hybridized carbons (Fsp3) is 0.385. The van der Waals surface area contributed by atoms with E-state index in [1.54, 1.807) is 0 Å². The normalized spacial score (nSPS) is 12.8. The average Bonchev–Trinajstić information content (AvgIpc) is 2.35. The molecule has 0 aliphatic carbocycles. The summed E-state index contributed by atoms with van der Waals surface area (Å²) in [4.78, 5) is 22.2. The molecule has 20 heavy (non-hydrogen) atoms. The highest BCUT2D eigenvalue weighted by atomic mass is 19.4. The maximum absolute atomic E-state index is 12.7. The van der Waals surface area contributed by atoms with Gasteiger partial charge >= 0.3 is 12.1 Å². The number of carboxylic acid groups (broad SMARTS) is 1. The molecule has 0 aliphatic heterocycles. The number of hydrogen-bond donors (Lipinski definition) is 2. The second-order valence-electron chi connectivity index (χ2n) is 4.35. The van der Waals surface area contributed by atoms with Crippen molar-refractivity contribution in [2.45, 2.75) is 32.0 Å². The van der Waals surface area contributed by atoms with Crippen molar-refractivity contribution in [2.75, 3.05) is 0 Å². The average molecular weight is 289 g/mol. The number of hydrogen-bond acceptors (Lipinski definition) is 2. The number of carboxylic acids is 1. The minimum Gasteiger partial charge on any atom is -0.481 e. The zero-order chi connectivity index (χ0) is 15.3. The molecule has 0 saturated carbocycles. The standard InChI is InChI=1S/C13H14F3NO3/c1-8(6-7-11(18)19)17-12(20)9-4-2-3-5-10(9)13(14,15)16/h2-5,8H,6-7H2,1H3,(H,17,20)(H,18,19)/t8-/m0/s1. The molecule has 7 heteroatoms. The summed E-state index contributed by atoms with van der Waals surface area (Å²) < 4.78 is 38.2. The molecule has 1 atom stereocenters. The Hall–Kier alpha value is -2.05. The van der Waals surface area contributed by atoms with Gasteiger partial charge in [0.05, 0.1) is 11.1 Å². The van der Waals surface area contributed by atoms with Crippen LogP contribution in [0.1, 0.15) is 35.7 Å². The monoisotopic (exact) mass is 289 g/mol. The van der Waals surface area contributed by atoms with Gasteiger partial charge in [-0.15, -0.1) is 0 Å². The quantitative estimate of drug-likeness (QED) is 0.875. The van der Waals surface area contributed by atoms with E-state index in [2.05, 4.69) is 5.32 Å². The van der Waals surface area contributed by atoms with Crippen molar-refractivity contribution in [1.29, 1.82) is 0 Å². The first-order chi connectivity index (χ1) is 9.21. The van der Waals surface area contributed by atoms with E-state index < -0.39 is 35.2 Å². The second kappa shape index (κ2) is 6.40. The molecule has 1 rings (SSSR count). The molecule has 0 spiro atoms. The first kappa shape index (κ1) is 16.0. The second-order valence-corrected chi connectivity index (χ2v) is 4.35. The summed E-state index contributed by atoms with van der Waals surface area (Å²) >= 11 is 0. The maximum atomic E-state index is 12.7. The van der Waals surface area contributed by atoms with Gasteiger partial charge in [0.15, 0.2) is 0 Å². The van der Waals surface area contributed by atoms with Crippen LogP contribution < -0.4 is 5.32 Å². The lowest BCUT2D eigenvalue weighted by Crippen LogP contribution is -2.34. The zero-order valence-corrected chi connectivity index (χ0v) is 10.7. The number of benzene rings is 1. The van der Waals surface area contributed by atoms with E-state index in [9.17, 15) is 22.8 Å². The van der Waals surface area contributed by atoms with E-state index in [0.717, 1.165) is 12.1 Å². The molecule has 0 radical (unpaired) electrons. The Bertz CT molecular complexity index is 500. The van der Waals surface area contributed by atoms with Crippen LogP contribution in [0.15, 0.2) is 24.3 Å². The Labute approximate surface area is 113 Å². The lowest BCUT2D eigenvalue weighted by molar-refractivity contribution is -0.138. The van der Waals surface area contributed by atoms with Crippen LogP contribution in [0.2, 0.25) is 0 Å². The molecule has 0 bridgehead atoms. The summed E-state index contributed by atoms with van der Waals surface area (Å²) in [6.45, 7) is 1.54. The molecule has 2 N–H and O–H groups in total. The number of rotatable bonds is 5. The van der Waals surface area contributed by atoms with Gasteiger partial charge in [-0.2, -0.15) is 13.2 Å². The van der Waals surface area contributed by atoms with E-state index in [-0.39, 0.29) is 12.8 Å². The highest BCUT2D eigenvalue weighted by molar-refractivity contribution is 5.96. The van der Waals surface area contributed by atoms with Crippen molar-refractivity contribution in [1.82, 2.24) is 5.32 Å². The molecule has 4 nitrogen and oxygen atoms in total. The number of nitrogens with one attached hydrogen (secondary N) is 1. The molecule has 1 aromatic rings. The number of halogens is 3. The molecule has 0 aromatic heterocycles. The van der Waals surface area contributed by atoms with Gasteiger partial charge in [-0.05, 0) is 25.5 Å². The van der Waals surface area contributed by atoms with Crippen molar-refractivity contribution >= 4 is 11.9 Å². The van der Waals surface area contributed by atoms with Crippen LogP contribution in [0.5, 0.6) is 0 Å². The van der Waals surface area contributed by atoms with Crippen LogP contribution in [0, 0.1) is 0 Å². The highest BCUT2D eigenvalue weighted by Crippen LogP contribution is 2.31. The molecule has 0 fully saturated rings. The molecular weight excluding hydrogens is 275 g/mol. The fourth-order valence-corrected chi connectivity index (χ4v) is 1.64. The zero-order valence-electron chi connectivity index (χ0n) is 10.7. The minimum absolute atomic E-state index is 0.148. The Morgan fingerprint density at radius 2 is 1.90 bits per heavy atom. The molecule has 0 aliphatic rings. The van der Waals surface area contributed by atoms with Crippen LogP contribution in [0.3, 0.4) is 0 Å². The van der Waals surface area contributed by atoms with Gasteiger partial charge in [-0.25, -0.2) is 0 Å². The predicted octanol–water partition coefficient (Wildman–Crippen LogP) is 2.69. The first-order valence-corrected chi connectivity index (χ1v) is 5.90. The first-order valence-electron chi connectivity index (χ1n) is 5.90. The van der Waals surface area contributed by atoms with E-state index >= 15 is 0 Å². The van der Waals surface area contributed by atoms with Crippen molar-refractivity contribution in [3.05, 3.63) is 35.4 Å². The van der Waals surface area contributed by atoms with Crippen molar-refractivity contribution in [2.24, 2.45) is 0 Å². The summed E-state index contributed by atoms with van der Waals surface area (Å²) in [6.07, 6.45) is -4.63. The molecule has 0 heterocycles. The molecule has 0 saturated heterocycles. The summed E-state index contributed by atoms with van der Waals surface area (Å²) in [6, 6.07) is 3.93. The van der Waals surface area contributed by atoms with Gasteiger partial charge in [-0.3, -0.25) is 9.59 Å². The van der Waals surface area contributed by atoms with E-state index in [0.29, 0.717) is 0 Å². The van der Waals surface area contributed by atoms with Crippen LogP contribution in [0.25, 0.3) is 0 Å². The van der Waals surface area contributed by atoms with Gasteiger partial charge in [-0.1, -0.05) is 12.1 Å². The van der Waals surface area contributed by atoms with Gasteiger partial charge in [0, 0.05) is 12.5 Å². The molecular formula is C13H14F3NO3. The largest absolute Gasteiger partial charge is 0.481 e. The number of carbonyl (C=O) groups is 2. The minimum atomic E-state index is -4.61. The maximum Gasteiger partial charge on any atom is 0.417 e. The Morgan fingerprint density at radius 1 is 1.30 bits per heavy atom. The summed E-state index contributed by atoms with van der Waals surface area (Å²) in [5, 5.41) is 10.9. The van der Waals surface area contributed by atoms with Crippen molar-refractivity contribution < 1.29 is 27.9 Å². The predicted molar refractivity (Wildman–Crippen MR) is 65.2 cm³/mol. The lowest BCUT2D eigenvalue weighted by atomic mass is 10.1. The van der Waals surface area contributed by atoms with Crippen LogP contribution in [-0.2, 0) is 11.0 Å². The van der Waals surface area contributed by atoms with Crippen LogP contribution in [0.4, 0.5) is 13.2 Å². The van der Waals surface area contributed by atoms with E-state index in [1.807, 2.05) is 0 Å². The van der Waals surface area contributed by atoms with E-state index in [1.165, 1.54) is 19.1 Å². The summed E-state index contributed by atoms with van der Waals surface area (Å²) in [5.41, 5.74) is -1.48. The van der Waals surface area contributed by atoms with Crippen molar-refractivity contribution in [3.8, 4) is 0 Å². The molecule has 1 aromatic carbocycles. The van der Waals surface area contributed by atoms with Gasteiger partial charge in [0.1, 0.15) is 0 Å². The third-order valence-electron chi connectivity index (χ3n) is 2.65. The molecule has 110 valence electrons. The highest BCUT2D eigenvalue weighted by Gasteiger charge is 2.34. The van der Waals surface area contributed by atoms with Crippen molar-refractivity contribution in [3.63, 3.8) is 0 Å². The number of amides is 1. The summed E-state index contributed by atoms with van der Waals surface area (Å²) in [5.74, 6) is -1.89. The molecule has 1 amide bonds. The Kier molecular flexibility index (Phi) is 5.12. The van der Waals surface area contributed by atoms with Gasteiger partial charge in [0.25, 0.3) is 5.91 Å². The Morgan fingerprint density at radius 3 is 2.45 bits per heavy atom. The van der Waals surface area contributed by atoms with Crippen LogP contribution in [-0.4, -0.2) is 23.0 Å². The smallest absolute Gasteiger partial charge is 0.417 e. The third kappa shape index (κ3) is 4.56. The SMILES string of the molecule is C[C@@H](CCC(=O)O)NC(=O)c1ccccc1C(F)(F)F. The van der Waals surface area contributed by atoms with Gasteiger partial charge < -0.3 is 10.4 Å². The Balaban J connectivity index is 2.80. The third-order valence-corrected chi connectivity index (χ3v) is 2.65. The van der Waals surface area contributed by atoms with Crippen LogP contribution >= 0.6 is 0 Å². The summed E-state index contributed by atoms with van der Waals surface area (Å²) in [7, 11) is 0.